The number of aliphatic hydroxyl groups is 1. The fourth-order valence-electron chi connectivity index (χ4n) is 3.50. The van der Waals surface area contributed by atoms with Gasteiger partial charge in [-0.15, -0.1) is 0 Å². The second kappa shape index (κ2) is 7.20. The minimum absolute atomic E-state index is 0.248. The molecule has 0 saturated heterocycles. The van der Waals surface area contributed by atoms with Gasteiger partial charge in [-0.1, -0.05) is 60.1 Å². The van der Waals surface area contributed by atoms with Crippen LogP contribution in [0.1, 0.15) is 28.3 Å². The van der Waals surface area contributed by atoms with E-state index in [1.807, 2.05) is 72.6 Å². The predicted octanol–water partition coefficient (Wildman–Crippen LogP) is 4.59. The van der Waals surface area contributed by atoms with E-state index in [0.29, 0.717) is 5.02 Å². The molecule has 0 saturated carbocycles. The summed E-state index contributed by atoms with van der Waals surface area (Å²) in [5, 5.41) is 11.1. The number of hydrogen-bond acceptors (Lipinski definition) is 3. The summed E-state index contributed by atoms with van der Waals surface area (Å²) >= 11 is 6.00. The van der Waals surface area contributed by atoms with Crippen molar-refractivity contribution in [1.82, 2.24) is 0 Å². The van der Waals surface area contributed by atoms with Gasteiger partial charge < -0.3 is 15.7 Å². The van der Waals surface area contributed by atoms with E-state index in [1.165, 1.54) is 0 Å². The Labute approximate surface area is 164 Å². The molecular formula is C23H21ClN2O. The molecule has 4 rings (SSSR count). The number of fused-ring (bicyclic) bond motifs is 1. The van der Waals surface area contributed by atoms with Gasteiger partial charge in [0, 0.05) is 23.3 Å². The Bertz CT molecular complexity index is 983. The number of hydrogen-bond donors (Lipinski definition) is 2. The first-order valence-corrected chi connectivity index (χ1v) is 9.26. The predicted molar refractivity (Wildman–Crippen MR) is 112 cm³/mol. The molecule has 0 amide bonds. The summed E-state index contributed by atoms with van der Waals surface area (Å²) < 4.78 is 0. The Morgan fingerprint density at radius 1 is 0.963 bits per heavy atom. The van der Waals surface area contributed by atoms with E-state index >= 15 is 0 Å². The van der Waals surface area contributed by atoms with Crippen molar-refractivity contribution in [1.29, 1.82) is 0 Å². The molecule has 1 aliphatic heterocycles. The van der Waals surface area contributed by atoms with Gasteiger partial charge in [-0.3, -0.25) is 0 Å². The maximum Gasteiger partial charge on any atom is 0.146 e. The van der Waals surface area contributed by atoms with Gasteiger partial charge in [-0.25, -0.2) is 0 Å². The second-order valence-electron chi connectivity index (χ2n) is 6.78. The number of anilines is 1. The van der Waals surface area contributed by atoms with E-state index in [1.54, 1.807) is 0 Å². The normalized spacial score (nSPS) is 17.3. The zero-order valence-corrected chi connectivity index (χ0v) is 15.8. The summed E-state index contributed by atoms with van der Waals surface area (Å²) in [5.41, 5.74) is 12.7. The molecule has 3 nitrogen and oxygen atoms in total. The number of likely N-dealkylation sites (N-methyl/N-ethyl adjacent to an activating group) is 1. The summed E-state index contributed by atoms with van der Waals surface area (Å²) in [6, 6.07) is 23.7. The van der Waals surface area contributed by atoms with Gasteiger partial charge in [-0.05, 0) is 52.6 Å². The van der Waals surface area contributed by atoms with Crippen molar-refractivity contribution in [3.05, 3.63) is 106 Å². The quantitative estimate of drug-likeness (QED) is 0.703. The van der Waals surface area contributed by atoms with Crippen LogP contribution in [0.5, 0.6) is 0 Å². The van der Waals surface area contributed by atoms with Crippen LogP contribution in [0.25, 0.3) is 5.57 Å². The smallest absolute Gasteiger partial charge is 0.146 e. The van der Waals surface area contributed by atoms with Crippen molar-refractivity contribution in [3.8, 4) is 0 Å². The molecule has 0 aromatic heterocycles. The number of benzene rings is 3. The van der Waals surface area contributed by atoms with Crippen molar-refractivity contribution < 1.29 is 5.11 Å². The highest BCUT2D eigenvalue weighted by Crippen LogP contribution is 2.38. The summed E-state index contributed by atoms with van der Waals surface area (Å²) in [6.07, 6.45) is 1.22. The first-order chi connectivity index (χ1) is 13.0. The van der Waals surface area contributed by atoms with Crippen LogP contribution < -0.4 is 10.6 Å². The van der Waals surface area contributed by atoms with Gasteiger partial charge in [0.25, 0.3) is 0 Å². The molecule has 1 aliphatic rings. The van der Waals surface area contributed by atoms with Crippen LogP contribution in [0, 0.1) is 0 Å². The van der Waals surface area contributed by atoms with Crippen LogP contribution in [0.4, 0.5) is 5.69 Å². The van der Waals surface area contributed by atoms with Gasteiger partial charge in [0.1, 0.15) is 6.23 Å². The largest absolute Gasteiger partial charge is 0.370 e. The Balaban J connectivity index is 1.80. The third-order valence-corrected chi connectivity index (χ3v) is 5.33. The highest BCUT2D eigenvalue weighted by Gasteiger charge is 2.24. The topological polar surface area (TPSA) is 49.5 Å². The third-order valence-electron chi connectivity index (χ3n) is 5.08. The minimum atomic E-state index is -0.663. The maximum absolute atomic E-state index is 10.5. The number of aliphatic hydroxyl groups excluding tert-OH is 1. The lowest BCUT2D eigenvalue weighted by Gasteiger charge is -2.32. The van der Waals surface area contributed by atoms with Gasteiger partial charge in [0.05, 0.1) is 6.04 Å². The summed E-state index contributed by atoms with van der Waals surface area (Å²) in [7, 11) is 1.89. The number of halogens is 1. The van der Waals surface area contributed by atoms with Gasteiger partial charge >= 0.3 is 0 Å². The lowest BCUT2D eigenvalue weighted by Crippen LogP contribution is -2.33. The lowest BCUT2D eigenvalue weighted by molar-refractivity contribution is 0.222. The van der Waals surface area contributed by atoms with Crippen LogP contribution in [0.15, 0.2) is 78.9 Å². The van der Waals surface area contributed by atoms with E-state index in [0.717, 1.165) is 33.5 Å². The fourth-order valence-corrected chi connectivity index (χ4v) is 3.62. The molecule has 3 N–H and O–H groups in total. The van der Waals surface area contributed by atoms with Crippen molar-refractivity contribution >= 4 is 22.9 Å². The molecule has 2 atom stereocenters. The van der Waals surface area contributed by atoms with E-state index < -0.39 is 6.23 Å². The molecule has 0 fully saturated rings. The number of nitrogens with zero attached hydrogens (tertiary/aromatic N) is 1. The third kappa shape index (κ3) is 3.37. The minimum Gasteiger partial charge on any atom is -0.370 e. The van der Waals surface area contributed by atoms with E-state index in [4.69, 9.17) is 17.3 Å². The second-order valence-corrected chi connectivity index (χ2v) is 7.21. The molecule has 0 radical (unpaired) electrons. The van der Waals surface area contributed by atoms with E-state index in [9.17, 15) is 5.11 Å². The summed E-state index contributed by atoms with van der Waals surface area (Å²) in [6.45, 7) is 0. The van der Waals surface area contributed by atoms with Gasteiger partial charge in [0.2, 0.25) is 0 Å². The Morgan fingerprint density at radius 2 is 1.63 bits per heavy atom. The molecule has 27 heavy (non-hydrogen) atoms. The van der Waals surface area contributed by atoms with Crippen LogP contribution in [-0.2, 0) is 0 Å². The van der Waals surface area contributed by atoms with E-state index in [-0.39, 0.29) is 6.04 Å². The highest BCUT2D eigenvalue weighted by atomic mass is 35.5. The number of rotatable bonds is 3. The molecule has 3 aromatic carbocycles. The van der Waals surface area contributed by atoms with Gasteiger partial charge in [-0.2, -0.15) is 0 Å². The fraction of sp³-hybridized carbons (Fsp3) is 0.130. The highest BCUT2D eigenvalue weighted by molar-refractivity contribution is 6.30. The molecule has 2 unspecified atom stereocenters. The molecule has 0 bridgehead atoms. The summed E-state index contributed by atoms with van der Waals surface area (Å²) in [5.74, 6) is 0. The van der Waals surface area contributed by atoms with Gasteiger partial charge in [0.15, 0.2) is 0 Å². The zero-order valence-electron chi connectivity index (χ0n) is 15.0. The summed E-state index contributed by atoms with van der Waals surface area (Å²) in [4.78, 5) is 1.86. The van der Waals surface area contributed by atoms with Crippen LogP contribution in [0.2, 0.25) is 5.02 Å². The number of nitrogens with two attached hydrogens (primary N) is 1. The SMILES string of the molecule is CN1c2ccc(C(N)c3ccc(Cl)cc3)cc2C(c2ccccc2)=CC1O. The standard InChI is InChI=1S/C23H21ClN2O/c1-26-21-12-9-17(23(25)16-7-10-18(24)11-8-16)13-20(21)19(14-22(26)27)15-5-3-2-4-6-15/h2-14,22-23,27H,25H2,1H3. The molecule has 3 aromatic rings. The molecular weight excluding hydrogens is 356 g/mol. The van der Waals surface area contributed by atoms with Crippen molar-refractivity contribution in [2.24, 2.45) is 5.73 Å². The lowest BCUT2D eigenvalue weighted by atomic mass is 9.89. The van der Waals surface area contributed by atoms with Crippen molar-refractivity contribution in [2.75, 3.05) is 11.9 Å². The average molecular weight is 377 g/mol. The molecule has 4 heteroatoms. The first-order valence-electron chi connectivity index (χ1n) is 8.88. The monoisotopic (exact) mass is 376 g/mol. The average Bonchev–Trinajstić information content (AvgIpc) is 2.71. The maximum atomic E-state index is 10.5. The zero-order chi connectivity index (χ0) is 19.0. The molecule has 136 valence electrons. The molecule has 0 aliphatic carbocycles. The van der Waals surface area contributed by atoms with Crippen LogP contribution >= 0.6 is 11.6 Å². The first kappa shape index (κ1) is 17.8. The Kier molecular flexibility index (Phi) is 4.75. The van der Waals surface area contributed by atoms with Crippen molar-refractivity contribution in [3.63, 3.8) is 0 Å². The Morgan fingerprint density at radius 3 is 2.33 bits per heavy atom. The van der Waals surface area contributed by atoms with Crippen LogP contribution in [-0.4, -0.2) is 18.4 Å². The van der Waals surface area contributed by atoms with Crippen LogP contribution in [0.3, 0.4) is 0 Å². The van der Waals surface area contributed by atoms with E-state index in [2.05, 4.69) is 18.2 Å². The molecule has 0 spiro atoms. The molecule has 1 heterocycles. The Hall–Kier alpha value is -2.59. The van der Waals surface area contributed by atoms with Crippen molar-refractivity contribution in [2.45, 2.75) is 12.3 Å².